The van der Waals surface area contributed by atoms with Crippen LogP contribution in [0.5, 0.6) is 0 Å². The quantitative estimate of drug-likeness (QED) is 0.293. The molecule has 0 bridgehead atoms. The minimum absolute atomic E-state index is 0.182. The molecule has 3 rings (SSSR count). The molecule has 5 atom stereocenters. The molecule has 1 aliphatic rings. The fourth-order valence-corrected chi connectivity index (χ4v) is 5.08. The summed E-state index contributed by atoms with van der Waals surface area (Å²) in [6.45, 7) is -0.959. The van der Waals surface area contributed by atoms with Crippen LogP contribution >= 0.6 is 0 Å². The predicted octanol–water partition coefficient (Wildman–Crippen LogP) is -0.0933. The summed E-state index contributed by atoms with van der Waals surface area (Å²) in [6.07, 6.45) is -5.01. The first kappa shape index (κ1) is 29.0. The van der Waals surface area contributed by atoms with E-state index in [0.29, 0.717) is 12.5 Å². The molecule has 202 valence electrons. The smallest absolute Gasteiger partial charge is 0.264 e. The molecule has 1 aliphatic heterocycles. The molecule has 1 heterocycles. The third-order valence-electron chi connectivity index (χ3n) is 5.67. The summed E-state index contributed by atoms with van der Waals surface area (Å²) in [5, 5.41) is 24.0. The average Bonchev–Trinajstić information content (AvgIpc) is 2.85. The van der Waals surface area contributed by atoms with Crippen molar-refractivity contribution in [1.82, 2.24) is 0 Å². The van der Waals surface area contributed by atoms with E-state index in [1.54, 1.807) is 12.1 Å². The second kappa shape index (κ2) is 10.7. The van der Waals surface area contributed by atoms with Gasteiger partial charge in [0.2, 0.25) is 17.2 Å². The summed E-state index contributed by atoms with van der Waals surface area (Å²) in [4.78, 5) is 27.6. The molecule has 0 radical (unpaired) electrons. The second-order valence-corrected chi connectivity index (χ2v) is 11.6. The van der Waals surface area contributed by atoms with Crippen molar-refractivity contribution in [3.8, 4) is 0 Å². The number of aliphatic hydroxyl groups is 2. The Bertz CT molecular complexity index is 1340. The van der Waals surface area contributed by atoms with Gasteiger partial charge in [-0.1, -0.05) is 60.7 Å². The van der Waals surface area contributed by atoms with Gasteiger partial charge in [-0.05, 0) is 0 Å². The van der Waals surface area contributed by atoms with Crippen molar-refractivity contribution < 1.29 is 54.5 Å². The maximum atomic E-state index is 13.9. The van der Waals surface area contributed by atoms with Gasteiger partial charge in [0.25, 0.3) is 20.2 Å². The first-order valence-corrected chi connectivity index (χ1v) is 14.3. The van der Waals surface area contributed by atoms with E-state index in [-0.39, 0.29) is 11.1 Å². The number of ketones is 2. The molecule has 14 heteroatoms. The largest absolute Gasteiger partial charge is 0.376 e. The third-order valence-corrected chi connectivity index (χ3v) is 6.79. The maximum absolute atomic E-state index is 13.9. The van der Waals surface area contributed by atoms with Gasteiger partial charge < -0.3 is 19.7 Å². The Morgan fingerprint density at radius 3 is 1.70 bits per heavy atom. The summed E-state index contributed by atoms with van der Waals surface area (Å²) < 4.78 is 68.2. The van der Waals surface area contributed by atoms with Crippen LogP contribution < -0.4 is 0 Å². The van der Waals surface area contributed by atoms with Crippen LogP contribution in [-0.4, -0.2) is 94.5 Å². The highest BCUT2D eigenvalue weighted by Gasteiger charge is 2.73. The molecule has 0 spiro atoms. The molecule has 0 amide bonds. The summed E-state index contributed by atoms with van der Waals surface area (Å²) in [5.41, 5.74) is -7.09. The molecule has 2 aromatic rings. The summed E-state index contributed by atoms with van der Waals surface area (Å²) in [5.74, 6) is -2.57. The fraction of sp³-hybridized carbons (Fsp3) is 0.391. The first-order chi connectivity index (χ1) is 17.1. The van der Waals surface area contributed by atoms with Gasteiger partial charge in [0.05, 0.1) is 19.1 Å². The number of Topliss-reactive ketones (excluding diaryl/α,β-unsaturated/α-hetero) is 2. The zero-order valence-corrected chi connectivity index (χ0v) is 21.6. The fourth-order valence-electron chi connectivity index (χ4n) is 4.06. The topological polar surface area (TPSA) is 180 Å². The molecule has 0 saturated carbocycles. The van der Waals surface area contributed by atoms with Crippen LogP contribution in [0, 0.1) is 0 Å². The van der Waals surface area contributed by atoms with Crippen molar-refractivity contribution in [2.24, 2.45) is 0 Å². The lowest BCUT2D eigenvalue weighted by molar-refractivity contribution is -0.331. The van der Waals surface area contributed by atoms with Crippen molar-refractivity contribution in [3.05, 3.63) is 71.8 Å². The zero-order chi connectivity index (χ0) is 27.6. The van der Waals surface area contributed by atoms with Crippen LogP contribution in [0.1, 0.15) is 20.7 Å². The number of benzene rings is 2. The van der Waals surface area contributed by atoms with E-state index in [0.717, 1.165) is 7.11 Å². The SMILES string of the molecule is CO[C@H]1O[C@H](COS(C)(=O)=O)[C@@H](OS(C)(=O)=O)[C@@](O)(C(=O)c2ccccc2)[C@]1(O)C(=O)c1ccccc1. The Hall–Kier alpha value is -2.56. The van der Waals surface area contributed by atoms with Crippen molar-refractivity contribution in [3.63, 3.8) is 0 Å². The van der Waals surface area contributed by atoms with Gasteiger partial charge >= 0.3 is 0 Å². The van der Waals surface area contributed by atoms with E-state index in [1.807, 2.05) is 0 Å². The van der Waals surface area contributed by atoms with Gasteiger partial charge in [0, 0.05) is 18.2 Å². The van der Waals surface area contributed by atoms with Gasteiger partial charge in [-0.15, -0.1) is 0 Å². The number of rotatable bonds is 10. The van der Waals surface area contributed by atoms with Gasteiger partial charge in [-0.25, -0.2) is 0 Å². The van der Waals surface area contributed by atoms with E-state index in [2.05, 4.69) is 0 Å². The Kier molecular flexibility index (Phi) is 8.36. The molecule has 37 heavy (non-hydrogen) atoms. The number of hydrogen-bond acceptors (Lipinski definition) is 12. The van der Waals surface area contributed by atoms with Gasteiger partial charge in [0.1, 0.15) is 12.2 Å². The van der Waals surface area contributed by atoms with Crippen molar-refractivity contribution >= 4 is 31.8 Å². The van der Waals surface area contributed by atoms with E-state index < -0.39 is 68.1 Å². The lowest BCUT2D eigenvalue weighted by Gasteiger charge is -2.53. The number of methoxy groups -OCH3 is 1. The van der Waals surface area contributed by atoms with Gasteiger partial charge in [0.15, 0.2) is 11.9 Å². The lowest BCUT2D eigenvalue weighted by atomic mass is 9.66. The highest BCUT2D eigenvalue weighted by molar-refractivity contribution is 7.86. The molecular formula is C23H26O12S2. The lowest BCUT2D eigenvalue weighted by Crippen LogP contribution is -2.80. The Labute approximate surface area is 214 Å². The summed E-state index contributed by atoms with van der Waals surface area (Å²) in [7, 11) is -7.66. The molecule has 0 unspecified atom stereocenters. The Morgan fingerprint density at radius 1 is 0.838 bits per heavy atom. The normalized spacial score (nSPS) is 28.5. The van der Waals surface area contributed by atoms with Crippen LogP contribution in [0.15, 0.2) is 60.7 Å². The predicted molar refractivity (Wildman–Crippen MR) is 128 cm³/mol. The summed E-state index contributed by atoms with van der Waals surface area (Å²) in [6, 6.07) is 14.0. The highest BCUT2D eigenvalue weighted by Crippen LogP contribution is 2.44. The number of ether oxygens (including phenoxy) is 2. The summed E-state index contributed by atoms with van der Waals surface area (Å²) >= 11 is 0. The molecular weight excluding hydrogens is 532 g/mol. The van der Waals surface area contributed by atoms with Crippen LogP contribution in [0.25, 0.3) is 0 Å². The highest BCUT2D eigenvalue weighted by atomic mass is 32.2. The first-order valence-electron chi connectivity index (χ1n) is 10.7. The van der Waals surface area contributed by atoms with Crippen molar-refractivity contribution in [2.75, 3.05) is 26.2 Å². The molecule has 1 saturated heterocycles. The minimum Gasteiger partial charge on any atom is -0.376 e. The van der Waals surface area contributed by atoms with Crippen molar-refractivity contribution in [1.29, 1.82) is 0 Å². The molecule has 0 aromatic heterocycles. The third kappa shape index (κ3) is 5.81. The van der Waals surface area contributed by atoms with E-state index in [1.165, 1.54) is 48.5 Å². The van der Waals surface area contributed by atoms with Gasteiger partial charge in [-0.3, -0.25) is 18.0 Å². The minimum atomic E-state index is -4.52. The zero-order valence-electron chi connectivity index (χ0n) is 20.0. The molecule has 12 nitrogen and oxygen atoms in total. The Balaban J connectivity index is 2.32. The standard InChI is InChI=1S/C23H26O12S2/c1-32-21-23(27,19(25)16-12-8-5-9-13-16)22(26,18(24)15-10-6-4-7-11-15)20(35-37(3,30)31)17(34-21)14-33-36(2,28)29/h4-13,17,20-21,26-27H,14H2,1-3H3/t17-,20-,21+,22+,23+/m1/s1. The van der Waals surface area contributed by atoms with Crippen LogP contribution in [0.4, 0.5) is 0 Å². The number of hydrogen-bond donors (Lipinski definition) is 2. The van der Waals surface area contributed by atoms with E-state index in [9.17, 15) is 36.6 Å². The second-order valence-electron chi connectivity index (χ2n) is 8.37. The Morgan fingerprint density at radius 2 is 1.30 bits per heavy atom. The molecule has 2 aromatic carbocycles. The van der Waals surface area contributed by atoms with Crippen LogP contribution in [0.3, 0.4) is 0 Å². The van der Waals surface area contributed by atoms with Gasteiger partial charge in [-0.2, -0.15) is 16.8 Å². The monoisotopic (exact) mass is 558 g/mol. The molecule has 2 N–H and O–H groups in total. The molecule has 1 fully saturated rings. The maximum Gasteiger partial charge on any atom is 0.264 e. The van der Waals surface area contributed by atoms with E-state index >= 15 is 0 Å². The van der Waals surface area contributed by atoms with E-state index in [4.69, 9.17) is 17.8 Å². The molecule has 0 aliphatic carbocycles. The van der Waals surface area contributed by atoms with Crippen molar-refractivity contribution in [2.45, 2.75) is 29.7 Å². The number of carbonyl (C=O) groups is 2. The number of carbonyl (C=O) groups excluding carboxylic acids is 2. The average molecular weight is 559 g/mol. The van der Waals surface area contributed by atoms with Crippen LogP contribution in [-0.2, 0) is 38.1 Å². The van der Waals surface area contributed by atoms with Crippen LogP contribution in [0.2, 0.25) is 0 Å².